The Kier molecular flexibility index (Phi) is 3.90. The van der Waals surface area contributed by atoms with Gasteiger partial charge in [-0.1, -0.05) is 24.3 Å². The van der Waals surface area contributed by atoms with Crippen LogP contribution in [0.25, 0.3) is 0 Å². The zero-order valence-electron chi connectivity index (χ0n) is 11.0. The number of ketones is 2. The molecule has 0 aliphatic heterocycles. The van der Waals surface area contributed by atoms with Crippen LogP contribution in [0.4, 0.5) is 0 Å². The second-order valence-corrected chi connectivity index (χ2v) is 5.10. The van der Waals surface area contributed by atoms with Crippen molar-refractivity contribution in [2.75, 3.05) is 6.26 Å². The van der Waals surface area contributed by atoms with Crippen LogP contribution in [0.2, 0.25) is 0 Å². The third kappa shape index (κ3) is 2.32. The molecule has 1 aliphatic rings. The standard InChI is InChI=1S/C15H12O4S/c1-8(15(18)19)7-11-12(16)9-5-3-4-6-10(9)13(17)14(11)20-2/h3-7H,1-2H3,(H,18,19)/b8-7+. The molecule has 1 aromatic carbocycles. The fourth-order valence-corrected chi connectivity index (χ4v) is 2.65. The zero-order chi connectivity index (χ0) is 14.9. The van der Waals surface area contributed by atoms with E-state index < -0.39 is 5.97 Å². The first-order chi connectivity index (χ1) is 9.47. The first-order valence-corrected chi connectivity index (χ1v) is 7.08. The van der Waals surface area contributed by atoms with Crippen LogP contribution >= 0.6 is 11.8 Å². The lowest BCUT2D eigenvalue weighted by Gasteiger charge is -2.18. The normalized spacial score (nSPS) is 15.4. The zero-order valence-corrected chi connectivity index (χ0v) is 11.8. The van der Waals surface area contributed by atoms with Crippen molar-refractivity contribution in [3.63, 3.8) is 0 Å². The number of benzene rings is 1. The summed E-state index contributed by atoms with van der Waals surface area (Å²) in [6.45, 7) is 1.39. The topological polar surface area (TPSA) is 71.4 Å². The van der Waals surface area contributed by atoms with Gasteiger partial charge in [-0.15, -0.1) is 11.8 Å². The van der Waals surface area contributed by atoms with Crippen molar-refractivity contribution in [2.45, 2.75) is 6.92 Å². The number of hydrogen-bond donors (Lipinski definition) is 1. The molecule has 0 unspecified atom stereocenters. The summed E-state index contributed by atoms with van der Waals surface area (Å²) in [5, 5.41) is 8.93. The van der Waals surface area contributed by atoms with Crippen molar-refractivity contribution in [1.82, 2.24) is 0 Å². The average molecular weight is 288 g/mol. The molecule has 0 spiro atoms. The molecule has 0 radical (unpaired) electrons. The number of rotatable bonds is 3. The molecule has 0 atom stereocenters. The maximum Gasteiger partial charge on any atom is 0.331 e. The molecule has 0 heterocycles. The molecular weight excluding hydrogens is 276 g/mol. The Hall–Kier alpha value is -2.14. The Balaban J connectivity index is 2.66. The number of hydrogen-bond acceptors (Lipinski definition) is 4. The molecule has 20 heavy (non-hydrogen) atoms. The first-order valence-electron chi connectivity index (χ1n) is 5.85. The van der Waals surface area contributed by atoms with E-state index in [1.807, 2.05) is 0 Å². The van der Waals surface area contributed by atoms with Gasteiger partial charge < -0.3 is 5.11 Å². The predicted molar refractivity (Wildman–Crippen MR) is 77.0 cm³/mol. The molecule has 5 heteroatoms. The number of allylic oxidation sites excluding steroid dienone is 3. The second kappa shape index (κ2) is 5.46. The summed E-state index contributed by atoms with van der Waals surface area (Å²) in [5.74, 6) is -1.67. The van der Waals surface area contributed by atoms with E-state index in [0.717, 1.165) is 11.8 Å². The highest BCUT2D eigenvalue weighted by Gasteiger charge is 2.30. The van der Waals surface area contributed by atoms with E-state index in [1.54, 1.807) is 30.5 Å². The third-order valence-corrected chi connectivity index (χ3v) is 3.83. The summed E-state index contributed by atoms with van der Waals surface area (Å²) in [4.78, 5) is 36.0. The van der Waals surface area contributed by atoms with Crippen LogP contribution in [0.15, 0.2) is 46.4 Å². The highest BCUT2D eigenvalue weighted by molar-refractivity contribution is 8.03. The molecule has 0 fully saturated rings. The Morgan fingerprint density at radius 1 is 1.15 bits per heavy atom. The van der Waals surface area contributed by atoms with Crippen LogP contribution in [-0.4, -0.2) is 28.9 Å². The van der Waals surface area contributed by atoms with Crippen LogP contribution in [0.1, 0.15) is 27.6 Å². The fraction of sp³-hybridized carbons (Fsp3) is 0.133. The number of fused-ring (bicyclic) bond motifs is 1. The van der Waals surface area contributed by atoms with Crippen molar-refractivity contribution in [1.29, 1.82) is 0 Å². The lowest BCUT2D eigenvalue weighted by Crippen LogP contribution is -2.20. The summed E-state index contributed by atoms with van der Waals surface area (Å²) in [6, 6.07) is 6.57. The Morgan fingerprint density at radius 3 is 2.20 bits per heavy atom. The van der Waals surface area contributed by atoms with Gasteiger partial charge in [0.1, 0.15) is 0 Å². The van der Waals surface area contributed by atoms with Gasteiger partial charge in [0, 0.05) is 22.3 Å². The molecule has 0 amide bonds. The summed E-state index contributed by atoms with van der Waals surface area (Å²) in [7, 11) is 0. The predicted octanol–water partition coefficient (Wildman–Crippen LogP) is 2.71. The number of carboxylic acid groups (broad SMARTS) is 1. The van der Waals surface area contributed by atoms with Gasteiger partial charge >= 0.3 is 5.97 Å². The minimum Gasteiger partial charge on any atom is -0.478 e. The molecule has 1 N–H and O–H groups in total. The van der Waals surface area contributed by atoms with E-state index in [4.69, 9.17) is 5.11 Å². The maximum absolute atomic E-state index is 12.4. The first kappa shape index (κ1) is 14.3. The number of thioether (sulfide) groups is 1. The van der Waals surface area contributed by atoms with E-state index in [2.05, 4.69) is 0 Å². The van der Waals surface area contributed by atoms with Crippen LogP contribution < -0.4 is 0 Å². The van der Waals surface area contributed by atoms with E-state index in [0.29, 0.717) is 11.1 Å². The van der Waals surface area contributed by atoms with Gasteiger partial charge in [0.2, 0.25) is 5.78 Å². The van der Waals surface area contributed by atoms with E-state index in [-0.39, 0.29) is 27.6 Å². The summed E-state index contributed by atoms with van der Waals surface area (Å²) in [6.07, 6.45) is 2.96. The average Bonchev–Trinajstić information content (AvgIpc) is 2.44. The molecule has 2 rings (SSSR count). The van der Waals surface area contributed by atoms with Crippen molar-refractivity contribution >= 4 is 29.3 Å². The van der Waals surface area contributed by atoms with Gasteiger partial charge in [0.15, 0.2) is 5.78 Å². The monoisotopic (exact) mass is 288 g/mol. The van der Waals surface area contributed by atoms with Gasteiger partial charge in [-0.3, -0.25) is 9.59 Å². The van der Waals surface area contributed by atoms with E-state index >= 15 is 0 Å². The highest BCUT2D eigenvalue weighted by atomic mass is 32.2. The number of Topliss-reactive ketones (excluding diaryl/α,β-unsaturated/α-hetero) is 2. The van der Waals surface area contributed by atoms with Crippen molar-refractivity contribution in [3.05, 3.63) is 57.5 Å². The molecule has 0 saturated carbocycles. The Labute approximate surface area is 120 Å². The molecule has 0 aromatic heterocycles. The molecule has 102 valence electrons. The SMILES string of the molecule is CSC1=C(/C=C(\C)C(=O)O)C(=O)c2ccccc2C1=O. The van der Waals surface area contributed by atoms with Crippen molar-refractivity contribution in [2.24, 2.45) is 0 Å². The van der Waals surface area contributed by atoms with Crippen molar-refractivity contribution < 1.29 is 19.5 Å². The quantitative estimate of drug-likeness (QED) is 0.866. The number of carbonyl (C=O) groups excluding carboxylic acids is 2. The minimum atomic E-state index is -1.11. The summed E-state index contributed by atoms with van der Waals surface area (Å²) < 4.78 is 0. The largest absolute Gasteiger partial charge is 0.478 e. The molecule has 0 saturated heterocycles. The molecular formula is C15H12O4S. The highest BCUT2D eigenvalue weighted by Crippen LogP contribution is 2.32. The van der Waals surface area contributed by atoms with Crippen LogP contribution in [0.3, 0.4) is 0 Å². The fourth-order valence-electron chi connectivity index (χ4n) is 1.98. The van der Waals surface area contributed by atoms with Crippen LogP contribution in [0, 0.1) is 0 Å². The second-order valence-electron chi connectivity index (χ2n) is 4.28. The minimum absolute atomic E-state index is 0.0204. The van der Waals surface area contributed by atoms with Crippen molar-refractivity contribution in [3.8, 4) is 0 Å². The molecule has 0 bridgehead atoms. The van der Waals surface area contributed by atoms with Gasteiger partial charge in [-0.05, 0) is 19.3 Å². The van der Waals surface area contributed by atoms with Crippen LogP contribution in [0.5, 0.6) is 0 Å². The van der Waals surface area contributed by atoms with Crippen LogP contribution in [-0.2, 0) is 4.79 Å². The lowest BCUT2D eigenvalue weighted by molar-refractivity contribution is -0.132. The van der Waals surface area contributed by atoms with E-state index in [9.17, 15) is 14.4 Å². The lowest BCUT2D eigenvalue weighted by atomic mass is 9.88. The van der Waals surface area contributed by atoms with Gasteiger partial charge in [-0.25, -0.2) is 4.79 Å². The van der Waals surface area contributed by atoms with Gasteiger partial charge in [0.25, 0.3) is 0 Å². The smallest absolute Gasteiger partial charge is 0.331 e. The van der Waals surface area contributed by atoms with Gasteiger partial charge in [0.05, 0.1) is 4.91 Å². The molecule has 1 aliphatic carbocycles. The summed E-state index contributed by atoms with van der Waals surface area (Å²) in [5.41, 5.74) is 0.861. The maximum atomic E-state index is 12.4. The Morgan fingerprint density at radius 2 is 1.70 bits per heavy atom. The number of carbonyl (C=O) groups is 3. The number of aliphatic carboxylic acids is 1. The third-order valence-electron chi connectivity index (χ3n) is 3.01. The van der Waals surface area contributed by atoms with Gasteiger partial charge in [-0.2, -0.15) is 0 Å². The summed E-state index contributed by atoms with van der Waals surface area (Å²) >= 11 is 1.15. The Bertz CT molecular complexity index is 683. The van der Waals surface area contributed by atoms with E-state index in [1.165, 1.54) is 13.0 Å². The molecule has 1 aromatic rings. The molecule has 4 nitrogen and oxygen atoms in total. The number of carboxylic acids is 1.